The molecule has 0 radical (unpaired) electrons. The monoisotopic (exact) mass is 239 g/mol. The molecule has 3 nitrogen and oxygen atoms in total. The van der Waals surface area contributed by atoms with Crippen LogP contribution >= 0.6 is 11.3 Å². The summed E-state index contributed by atoms with van der Waals surface area (Å²) in [4.78, 5) is 7.07. The Morgan fingerprint density at radius 2 is 2.38 bits per heavy atom. The molecular weight excluding hydrogens is 218 g/mol. The van der Waals surface area contributed by atoms with Gasteiger partial charge in [-0.25, -0.2) is 4.98 Å². The molecule has 0 spiro atoms. The molecule has 2 rings (SSSR count). The Hall–Kier alpha value is -0.450. The zero-order chi connectivity index (χ0) is 11.5. The van der Waals surface area contributed by atoms with E-state index in [1.54, 1.807) is 11.3 Å². The van der Waals surface area contributed by atoms with Gasteiger partial charge in [0.05, 0.1) is 5.69 Å². The van der Waals surface area contributed by atoms with Crippen LogP contribution in [-0.2, 0) is 13.1 Å². The first-order valence-corrected chi connectivity index (χ1v) is 6.94. The van der Waals surface area contributed by atoms with E-state index in [0.717, 1.165) is 17.5 Å². The molecule has 2 unspecified atom stereocenters. The molecule has 2 N–H and O–H groups in total. The van der Waals surface area contributed by atoms with Crippen LogP contribution in [0.15, 0.2) is 5.38 Å². The van der Waals surface area contributed by atoms with Gasteiger partial charge in [0, 0.05) is 24.5 Å². The van der Waals surface area contributed by atoms with Crippen molar-refractivity contribution in [1.29, 1.82) is 0 Å². The highest BCUT2D eigenvalue weighted by molar-refractivity contribution is 7.09. The SMILES string of the molecule is CC1CCN(Cc2csc(CN)n2)C(C)C1. The van der Waals surface area contributed by atoms with Gasteiger partial charge in [0.25, 0.3) is 0 Å². The van der Waals surface area contributed by atoms with Crippen LogP contribution in [0.5, 0.6) is 0 Å². The smallest absolute Gasteiger partial charge is 0.106 e. The topological polar surface area (TPSA) is 42.1 Å². The Balaban J connectivity index is 1.93. The molecule has 4 heteroatoms. The molecule has 16 heavy (non-hydrogen) atoms. The molecule has 1 saturated heterocycles. The van der Waals surface area contributed by atoms with Gasteiger partial charge in [-0.1, -0.05) is 6.92 Å². The second-order valence-electron chi connectivity index (χ2n) is 4.89. The second kappa shape index (κ2) is 5.25. The Morgan fingerprint density at radius 3 is 3.00 bits per heavy atom. The average Bonchev–Trinajstić information content (AvgIpc) is 2.70. The standard InChI is InChI=1S/C12H21N3S/c1-9-3-4-15(10(2)5-9)7-11-8-16-12(6-13)14-11/h8-10H,3-7,13H2,1-2H3. The van der Waals surface area contributed by atoms with Gasteiger partial charge in [-0.05, 0) is 32.2 Å². The summed E-state index contributed by atoms with van der Waals surface area (Å²) in [5, 5.41) is 3.19. The fourth-order valence-electron chi connectivity index (χ4n) is 2.41. The lowest BCUT2D eigenvalue weighted by Gasteiger charge is -2.36. The third kappa shape index (κ3) is 2.81. The van der Waals surface area contributed by atoms with Gasteiger partial charge < -0.3 is 5.73 Å². The summed E-state index contributed by atoms with van der Waals surface area (Å²) in [6.45, 7) is 7.44. The predicted molar refractivity (Wildman–Crippen MR) is 68.3 cm³/mol. The minimum atomic E-state index is 0.567. The average molecular weight is 239 g/mol. The number of likely N-dealkylation sites (tertiary alicyclic amines) is 1. The Morgan fingerprint density at radius 1 is 1.56 bits per heavy atom. The van der Waals surface area contributed by atoms with Gasteiger partial charge in [-0.15, -0.1) is 11.3 Å². The summed E-state index contributed by atoms with van der Waals surface area (Å²) in [6.07, 6.45) is 2.63. The number of piperidine rings is 1. The molecule has 0 saturated carbocycles. The molecule has 1 aliphatic rings. The van der Waals surface area contributed by atoms with E-state index < -0.39 is 0 Å². The van der Waals surface area contributed by atoms with Gasteiger partial charge in [0.2, 0.25) is 0 Å². The number of nitrogens with zero attached hydrogens (tertiary/aromatic N) is 2. The van der Waals surface area contributed by atoms with E-state index in [4.69, 9.17) is 5.73 Å². The van der Waals surface area contributed by atoms with Crippen LogP contribution in [0.25, 0.3) is 0 Å². The van der Waals surface area contributed by atoms with Crippen molar-refractivity contribution in [3.05, 3.63) is 16.1 Å². The fraction of sp³-hybridized carbons (Fsp3) is 0.750. The molecule has 0 aliphatic carbocycles. The van der Waals surface area contributed by atoms with Crippen molar-refractivity contribution in [3.63, 3.8) is 0 Å². The number of thiazole rings is 1. The van der Waals surface area contributed by atoms with Crippen LogP contribution < -0.4 is 5.73 Å². The van der Waals surface area contributed by atoms with Gasteiger partial charge >= 0.3 is 0 Å². The number of hydrogen-bond acceptors (Lipinski definition) is 4. The van der Waals surface area contributed by atoms with Crippen molar-refractivity contribution in [2.45, 2.75) is 45.8 Å². The maximum Gasteiger partial charge on any atom is 0.106 e. The molecule has 0 bridgehead atoms. The van der Waals surface area contributed by atoms with Crippen LogP contribution in [0.1, 0.15) is 37.4 Å². The van der Waals surface area contributed by atoms with Crippen molar-refractivity contribution < 1.29 is 0 Å². The number of aromatic nitrogens is 1. The highest BCUT2D eigenvalue weighted by atomic mass is 32.1. The molecule has 1 aliphatic heterocycles. The lowest BCUT2D eigenvalue weighted by Crippen LogP contribution is -2.39. The van der Waals surface area contributed by atoms with E-state index in [1.165, 1.54) is 25.1 Å². The van der Waals surface area contributed by atoms with Crippen molar-refractivity contribution in [2.75, 3.05) is 6.54 Å². The summed E-state index contributed by atoms with van der Waals surface area (Å²) < 4.78 is 0. The van der Waals surface area contributed by atoms with Gasteiger partial charge in [0.1, 0.15) is 5.01 Å². The number of rotatable bonds is 3. The van der Waals surface area contributed by atoms with Gasteiger partial charge in [-0.2, -0.15) is 0 Å². The summed E-state index contributed by atoms with van der Waals surface area (Å²) in [6, 6.07) is 0.687. The van der Waals surface area contributed by atoms with E-state index in [0.29, 0.717) is 12.6 Å². The summed E-state index contributed by atoms with van der Waals surface area (Å²) >= 11 is 1.68. The van der Waals surface area contributed by atoms with Crippen LogP contribution in [0, 0.1) is 5.92 Å². The number of nitrogens with two attached hydrogens (primary N) is 1. The molecule has 2 atom stereocenters. The normalized spacial score (nSPS) is 27.2. The molecular formula is C12H21N3S. The molecule has 1 aromatic rings. The second-order valence-corrected chi connectivity index (χ2v) is 5.83. The maximum absolute atomic E-state index is 5.58. The van der Waals surface area contributed by atoms with E-state index >= 15 is 0 Å². The predicted octanol–water partition coefficient (Wildman–Crippen LogP) is 2.22. The summed E-state index contributed by atoms with van der Waals surface area (Å²) in [7, 11) is 0. The minimum Gasteiger partial charge on any atom is -0.325 e. The third-order valence-corrected chi connectivity index (χ3v) is 4.33. The maximum atomic E-state index is 5.58. The first-order valence-electron chi connectivity index (χ1n) is 6.06. The van der Waals surface area contributed by atoms with Crippen molar-refractivity contribution >= 4 is 11.3 Å². The number of hydrogen-bond donors (Lipinski definition) is 1. The lowest BCUT2D eigenvalue weighted by molar-refractivity contribution is 0.121. The van der Waals surface area contributed by atoms with Gasteiger partial charge in [-0.3, -0.25) is 4.90 Å². The van der Waals surface area contributed by atoms with E-state index in [1.807, 2.05) is 0 Å². The Bertz CT molecular complexity index is 337. The van der Waals surface area contributed by atoms with Gasteiger partial charge in [0.15, 0.2) is 0 Å². The zero-order valence-electron chi connectivity index (χ0n) is 10.1. The van der Waals surface area contributed by atoms with E-state index in [9.17, 15) is 0 Å². The zero-order valence-corrected chi connectivity index (χ0v) is 11.0. The first-order chi connectivity index (χ1) is 7.69. The first kappa shape index (κ1) is 12.0. The highest BCUT2D eigenvalue weighted by Crippen LogP contribution is 2.24. The van der Waals surface area contributed by atoms with Crippen LogP contribution in [0.4, 0.5) is 0 Å². The Labute approximate surface area is 102 Å². The van der Waals surface area contributed by atoms with Crippen LogP contribution in [-0.4, -0.2) is 22.5 Å². The van der Waals surface area contributed by atoms with Crippen LogP contribution in [0.3, 0.4) is 0 Å². The van der Waals surface area contributed by atoms with E-state index in [2.05, 4.69) is 29.1 Å². The van der Waals surface area contributed by atoms with Crippen molar-refractivity contribution in [1.82, 2.24) is 9.88 Å². The van der Waals surface area contributed by atoms with Crippen molar-refractivity contribution in [2.24, 2.45) is 11.7 Å². The largest absolute Gasteiger partial charge is 0.325 e. The lowest BCUT2D eigenvalue weighted by atomic mass is 9.93. The molecule has 2 heterocycles. The molecule has 0 amide bonds. The molecule has 0 aromatic carbocycles. The summed E-state index contributed by atoms with van der Waals surface area (Å²) in [5.41, 5.74) is 6.76. The van der Waals surface area contributed by atoms with Crippen LogP contribution in [0.2, 0.25) is 0 Å². The quantitative estimate of drug-likeness (QED) is 0.879. The third-order valence-electron chi connectivity index (χ3n) is 3.41. The Kier molecular flexibility index (Phi) is 3.95. The fourth-order valence-corrected chi connectivity index (χ4v) is 3.08. The van der Waals surface area contributed by atoms with E-state index in [-0.39, 0.29) is 0 Å². The highest BCUT2D eigenvalue weighted by Gasteiger charge is 2.23. The molecule has 1 aromatic heterocycles. The molecule has 1 fully saturated rings. The molecule has 90 valence electrons. The summed E-state index contributed by atoms with van der Waals surface area (Å²) in [5.74, 6) is 0.876. The minimum absolute atomic E-state index is 0.567. The van der Waals surface area contributed by atoms with Crippen molar-refractivity contribution in [3.8, 4) is 0 Å².